The Labute approximate surface area is 88.0 Å². The van der Waals surface area contributed by atoms with Gasteiger partial charge in [0.05, 0.1) is 12.5 Å². The molecule has 0 heterocycles. The lowest BCUT2D eigenvalue weighted by molar-refractivity contribution is -0.148. The Morgan fingerprint density at radius 1 is 1.14 bits per heavy atom. The molecule has 0 aliphatic carbocycles. The minimum atomic E-state index is -0.0389. The number of carbonyl (C=O) groups is 1. The standard InChI is InChI=1S/C12H24O2/c1-4-6-7-8-9-10-14-12(13)11(3)5-2/h11H,4-10H2,1-3H3/t11-/m0/s1. The van der Waals surface area contributed by atoms with E-state index in [9.17, 15) is 4.79 Å². The fourth-order valence-electron chi connectivity index (χ4n) is 1.19. The van der Waals surface area contributed by atoms with Gasteiger partial charge in [-0.25, -0.2) is 0 Å². The third-order valence-corrected chi connectivity index (χ3v) is 2.51. The van der Waals surface area contributed by atoms with Crippen molar-refractivity contribution >= 4 is 5.97 Å². The Hall–Kier alpha value is -0.530. The largest absolute Gasteiger partial charge is 0.465 e. The predicted octanol–water partition coefficient (Wildman–Crippen LogP) is 3.55. The summed E-state index contributed by atoms with van der Waals surface area (Å²) in [5.41, 5.74) is 0. The summed E-state index contributed by atoms with van der Waals surface area (Å²) in [6, 6.07) is 0. The first-order chi connectivity index (χ1) is 6.72. The molecule has 84 valence electrons. The van der Waals surface area contributed by atoms with Crippen molar-refractivity contribution in [3.05, 3.63) is 0 Å². The normalized spacial score (nSPS) is 12.5. The van der Waals surface area contributed by atoms with E-state index in [1.54, 1.807) is 0 Å². The van der Waals surface area contributed by atoms with E-state index in [-0.39, 0.29) is 11.9 Å². The molecule has 0 spiro atoms. The third kappa shape index (κ3) is 6.93. The van der Waals surface area contributed by atoms with Gasteiger partial charge < -0.3 is 4.74 Å². The highest BCUT2D eigenvalue weighted by atomic mass is 16.5. The summed E-state index contributed by atoms with van der Waals surface area (Å²) in [7, 11) is 0. The van der Waals surface area contributed by atoms with Crippen molar-refractivity contribution in [2.75, 3.05) is 6.61 Å². The van der Waals surface area contributed by atoms with Crippen LogP contribution >= 0.6 is 0 Å². The molecule has 2 nitrogen and oxygen atoms in total. The lowest BCUT2D eigenvalue weighted by Gasteiger charge is -2.08. The number of ether oxygens (including phenoxy) is 1. The molecule has 14 heavy (non-hydrogen) atoms. The Morgan fingerprint density at radius 3 is 2.36 bits per heavy atom. The predicted molar refractivity (Wildman–Crippen MR) is 59.2 cm³/mol. The van der Waals surface area contributed by atoms with Crippen molar-refractivity contribution < 1.29 is 9.53 Å². The molecule has 1 atom stereocenters. The summed E-state index contributed by atoms with van der Waals surface area (Å²) in [5, 5.41) is 0. The molecule has 0 aromatic heterocycles. The monoisotopic (exact) mass is 200 g/mol. The molecule has 0 aromatic rings. The summed E-state index contributed by atoms with van der Waals surface area (Å²) >= 11 is 0. The third-order valence-electron chi connectivity index (χ3n) is 2.51. The maximum absolute atomic E-state index is 11.2. The Bertz CT molecular complexity index is 143. The number of rotatable bonds is 8. The Kier molecular flexibility index (Phi) is 8.70. The summed E-state index contributed by atoms with van der Waals surface area (Å²) < 4.78 is 5.14. The Morgan fingerprint density at radius 2 is 1.79 bits per heavy atom. The van der Waals surface area contributed by atoms with Gasteiger partial charge in [0, 0.05) is 0 Å². The average Bonchev–Trinajstić information content (AvgIpc) is 2.21. The minimum absolute atomic E-state index is 0.0389. The first-order valence-electron chi connectivity index (χ1n) is 5.89. The van der Waals surface area contributed by atoms with E-state index in [0.29, 0.717) is 6.61 Å². The zero-order chi connectivity index (χ0) is 10.8. The van der Waals surface area contributed by atoms with Gasteiger partial charge in [0.1, 0.15) is 0 Å². The molecule has 0 saturated carbocycles. The van der Waals surface area contributed by atoms with Crippen molar-refractivity contribution in [3.63, 3.8) is 0 Å². The lowest BCUT2D eigenvalue weighted by Crippen LogP contribution is -2.14. The first kappa shape index (κ1) is 13.5. The molecule has 0 rings (SSSR count). The molecule has 0 aliphatic heterocycles. The van der Waals surface area contributed by atoms with E-state index in [2.05, 4.69) is 6.92 Å². The highest BCUT2D eigenvalue weighted by Crippen LogP contribution is 2.06. The van der Waals surface area contributed by atoms with Crippen LogP contribution in [0.25, 0.3) is 0 Å². The topological polar surface area (TPSA) is 26.3 Å². The number of esters is 1. The molecule has 0 N–H and O–H groups in total. The zero-order valence-corrected chi connectivity index (χ0v) is 9.84. The van der Waals surface area contributed by atoms with Crippen LogP contribution in [0.5, 0.6) is 0 Å². The maximum Gasteiger partial charge on any atom is 0.308 e. The van der Waals surface area contributed by atoms with Crippen LogP contribution in [0.15, 0.2) is 0 Å². The van der Waals surface area contributed by atoms with Crippen molar-refractivity contribution in [1.82, 2.24) is 0 Å². The highest BCUT2D eigenvalue weighted by molar-refractivity contribution is 5.71. The van der Waals surface area contributed by atoms with Crippen LogP contribution < -0.4 is 0 Å². The van der Waals surface area contributed by atoms with Gasteiger partial charge in [-0.15, -0.1) is 0 Å². The van der Waals surface area contributed by atoms with Crippen LogP contribution in [0.2, 0.25) is 0 Å². The first-order valence-corrected chi connectivity index (χ1v) is 5.89. The van der Waals surface area contributed by atoms with Crippen LogP contribution in [0.4, 0.5) is 0 Å². The van der Waals surface area contributed by atoms with Crippen LogP contribution in [0.3, 0.4) is 0 Å². The number of hydrogen-bond donors (Lipinski definition) is 0. The molecule has 0 aliphatic rings. The maximum atomic E-state index is 11.2. The number of hydrogen-bond acceptors (Lipinski definition) is 2. The van der Waals surface area contributed by atoms with Gasteiger partial charge in [-0.3, -0.25) is 4.79 Å². The molecular weight excluding hydrogens is 176 g/mol. The molecule has 2 heteroatoms. The van der Waals surface area contributed by atoms with Crippen molar-refractivity contribution in [3.8, 4) is 0 Å². The molecule has 0 unspecified atom stereocenters. The van der Waals surface area contributed by atoms with Gasteiger partial charge in [-0.1, -0.05) is 46.5 Å². The Balaban J connectivity index is 3.23. The van der Waals surface area contributed by atoms with Gasteiger partial charge in [-0.05, 0) is 12.8 Å². The van der Waals surface area contributed by atoms with Gasteiger partial charge >= 0.3 is 5.97 Å². The fourth-order valence-corrected chi connectivity index (χ4v) is 1.19. The van der Waals surface area contributed by atoms with Crippen molar-refractivity contribution in [2.45, 2.75) is 59.3 Å². The SMILES string of the molecule is CCCCCCCOC(=O)[C@@H](C)CC. The summed E-state index contributed by atoms with van der Waals surface area (Å²) in [6.45, 7) is 6.72. The molecule has 0 amide bonds. The quantitative estimate of drug-likeness (QED) is 0.442. The number of unbranched alkanes of at least 4 members (excludes halogenated alkanes) is 4. The molecule has 0 saturated heterocycles. The number of carbonyl (C=O) groups excluding carboxylic acids is 1. The molecule has 0 bridgehead atoms. The average molecular weight is 200 g/mol. The molecule has 0 fully saturated rings. The van der Waals surface area contributed by atoms with Crippen LogP contribution in [0, 0.1) is 5.92 Å². The van der Waals surface area contributed by atoms with E-state index < -0.39 is 0 Å². The van der Waals surface area contributed by atoms with E-state index in [1.165, 1.54) is 25.7 Å². The minimum Gasteiger partial charge on any atom is -0.465 e. The van der Waals surface area contributed by atoms with Gasteiger partial charge in [-0.2, -0.15) is 0 Å². The van der Waals surface area contributed by atoms with Crippen LogP contribution in [0.1, 0.15) is 59.3 Å². The second kappa shape index (κ2) is 9.04. The second-order valence-electron chi connectivity index (χ2n) is 3.89. The van der Waals surface area contributed by atoms with Crippen molar-refractivity contribution in [2.24, 2.45) is 5.92 Å². The smallest absolute Gasteiger partial charge is 0.308 e. The van der Waals surface area contributed by atoms with Crippen LogP contribution in [-0.4, -0.2) is 12.6 Å². The lowest BCUT2D eigenvalue weighted by atomic mass is 10.1. The molecule has 0 radical (unpaired) electrons. The van der Waals surface area contributed by atoms with Gasteiger partial charge in [0.2, 0.25) is 0 Å². The van der Waals surface area contributed by atoms with E-state index in [0.717, 1.165) is 12.8 Å². The fraction of sp³-hybridized carbons (Fsp3) is 0.917. The molecular formula is C12H24O2. The van der Waals surface area contributed by atoms with E-state index in [4.69, 9.17) is 4.74 Å². The second-order valence-corrected chi connectivity index (χ2v) is 3.89. The van der Waals surface area contributed by atoms with E-state index >= 15 is 0 Å². The van der Waals surface area contributed by atoms with Crippen LogP contribution in [-0.2, 0) is 9.53 Å². The van der Waals surface area contributed by atoms with Gasteiger partial charge in [0.25, 0.3) is 0 Å². The van der Waals surface area contributed by atoms with E-state index in [1.807, 2.05) is 13.8 Å². The summed E-state index contributed by atoms with van der Waals surface area (Å²) in [6.07, 6.45) is 6.88. The van der Waals surface area contributed by atoms with Crippen molar-refractivity contribution in [1.29, 1.82) is 0 Å². The van der Waals surface area contributed by atoms with Gasteiger partial charge in [0.15, 0.2) is 0 Å². The molecule has 0 aromatic carbocycles. The summed E-state index contributed by atoms with van der Waals surface area (Å²) in [5.74, 6) is 0.0219. The highest BCUT2D eigenvalue weighted by Gasteiger charge is 2.10. The summed E-state index contributed by atoms with van der Waals surface area (Å²) in [4.78, 5) is 11.2. The zero-order valence-electron chi connectivity index (χ0n) is 9.84.